The zero-order chi connectivity index (χ0) is 19.5. The van der Waals surface area contributed by atoms with Crippen LogP contribution in [-0.4, -0.2) is 30.8 Å². The van der Waals surface area contributed by atoms with Crippen LogP contribution in [0.4, 0.5) is 0 Å². The zero-order valence-electron chi connectivity index (χ0n) is 16.6. The fraction of sp³-hybridized carbons (Fsp3) is 0.550. The maximum Gasteiger partial charge on any atom is 0.223 e. The quantitative estimate of drug-likeness (QED) is 0.498. The van der Waals surface area contributed by atoms with Crippen molar-refractivity contribution >= 4 is 5.91 Å². The highest BCUT2D eigenvalue weighted by atomic mass is 16.5. The first kappa shape index (κ1) is 23.1. The van der Waals surface area contributed by atoms with E-state index in [0.29, 0.717) is 12.2 Å². The summed E-state index contributed by atoms with van der Waals surface area (Å²) in [5.41, 5.74) is 6.50. The summed E-state index contributed by atoms with van der Waals surface area (Å²) in [7, 11) is 1.72. The smallest absolute Gasteiger partial charge is 0.223 e. The molecule has 0 aliphatic carbocycles. The number of hydrogen-bond donors (Lipinski definition) is 3. The molecule has 2 atom stereocenters. The molecule has 0 saturated carbocycles. The molecule has 0 aliphatic heterocycles. The average Bonchev–Trinajstić information content (AvgIpc) is 2.55. The Bertz CT molecular complexity index is 509. The summed E-state index contributed by atoms with van der Waals surface area (Å²) in [5.74, 6) is 0.416. The minimum Gasteiger partial charge on any atom is -0.491 e. The number of amides is 1. The summed E-state index contributed by atoms with van der Waals surface area (Å²) in [4.78, 5) is 12.2. The molecule has 25 heavy (non-hydrogen) atoms. The van der Waals surface area contributed by atoms with Gasteiger partial charge in [0, 0.05) is 0 Å². The van der Waals surface area contributed by atoms with Crippen LogP contribution in [0.5, 0.6) is 0 Å². The molecular formula is C20H35N3O2. The number of nitrogens with two attached hydrogens (primary N) is 1. The summed E-state index contributed by atoms with van der Waals surface area (Å²) in [6, 6.07) is 9.64. The first-order chi connectivity index (χ1) is 11.7. The van der Waals surface area contributed by atoms with Crippen LogP contribution < -0.4 is 16.4 Å². The van der Waals surface area contributed by atoms with Crippen molar-refractivity contribution in [3.63, 3.8) is 0 Å². The highest BCUT2D eigenvalue weighted by Crippen LogP contribution is 2.18. The molecule has 4 N–H and O–H groups in total. The lowest BCUT2D eigenvalue weighted by molar-refractivity contribution is -0.122. The number of carbonyl (C=O) groups excluding carboxylic acids is 1. The van der Waals surface area contributed by atoms with Gasteiger partial charge in [-0.25, -0.2) is 0 Å². The van der Waals surface area contributed by atoms with E-state index in [0.717, 1.165) is 5.56 Å². The second kappa shape index (κ2) is 11.7. The Morgan fingerprint density at radius 2 is 1.80 bits per heavy atom. The Hall–Kier alpha value is -1.85. The predicted octanol–water partition coefficient (Wildman–Crippen LogP) is 2.96. The Labute approximate surface area is 153 Å². The van der Waals surface area contributed by atoms with Crippen molar-refractivity contribution in [3.05, 3.63) is 48.2 Å². The van der Waals surface area contributed by atoms with Gasteiger partial charge in [-0.05, 0) is 39.8 Å². The van der Waals surface area contributed by atoms with Gasteiger partial charge in [0.15, 0.2) is 0 Å². The highest BCUT2D eigenvalue weighted by molar-refractivity contribution is 5.77. The van der Waals surface area contributed by atoms with E-state index in [1.807, 2.05) is 65.0 Å². The van der Waals surface area contributed by atoms with Gasteiger partial charge in [-0.15, -0.1) is 0 Å². The lowest BCUT2D eigenvalue weighted by Gasteiger charge is -2.29. The van der Waals surface area contributed by atoms with Gasteiger partial charge in [-0.1, -0.05) is 50.8 Å². The normalized spacial score (nSPS) is 13.1. The minimum absolute atomic E-state index is 0.133. The monoisotopic (exact) mass is 349 g/mol. The first-order valence-corrected chi connectivity index (χ1v) is 8.85. The molecule has 0 bridgehead atoms. The molecule has 1 aromatic rings. The van der Waals surface area contributed by atoms with E-state index in [-0.39, 0.29) is 30.1 Å². The van der Waals surface area contributed by atoms with Crippen LogP contribution in [-0.2, 0) is 16.0 Å². The third-order valence-corrected chi connectivity index (χ3v) is 3.22. The first-order valence-electron chi connectivity index (χ1n) is 8.85. The van der Waals surface area contributed by atoms with E-state index in [9.17, 15) is 4.79 Å². The number of benzene rings is 1. The van der Waals surface area contributed by atoms with Crippen LogP contribution in [0.1, 0.15) is 46.6 Å². The predicted molar refractivity (Wildman–Crippen MR) is 105 cm³/mol. The highest BCUT2D eigenvalue weighted by Gasteiger charge is 2.22. The number of ether oxygens (including phenoxy) is 1. The van der Waals surface area contributed by atoms with Gasteiger partial charge in [0.25, 0.3) is 0 Å². The van der Waals surface area contributed by atoms with Gasteiger partial charge in [0.05, 0.1) is 18.6 Å². The standard InChI is InChI=1S/C18H29N3O2.C2H6/c1-13(23-18(2,3)4)15(11-14-9-7-6-8-10-14)21-17(22)12-16(19)20-5;1-2/h6-10,15-16,20H,1,11-12,19H2,2-5H3,(H,21,22);1-2H3/t15-,16?;/m0./s1. The SMILES string of the molecule is C=C(OC(C)(C)C)[C@H](Cc1ccccc1)NC(=O)CC(N)NC.CC. The van der Waals surface area contributed by atoms with Gasteiger partial charge < -0.3 is 21.1 Å². The summed E-state index contributed by atoms with van der Waals surface area (Å²) in [5, 5.41) is 5.82. The molecule has 1 amide bonds. The molecule has 0 saturated heterocycles. The van der Waals surface area contributed by atoms with Crippen LogP contribution in [0.25, 0.3) is 0 Å². The maximum atomic E-state index is 12.2. The third kappa shape index (κ3) is 10.6. The lowest BCUT2D eigenvalue weighted by Crippen LogP contribution is -2.45. The van der Waals surface area contributed by atoms with Crippen molar-refractivity contribution in [2.75, 3.05) is 7.05 Å². The van der Waals surface area contributed by atoms with Crippen molar-refractivity contribution in [2.45, 2.75) is 65.3 Å². The van der Waals surface area contributed by atoms with Crippen LogP contribution in [0, 0.1) is 0 Å². The van der Waals surface area contributed by atoms with E-state index in [2.05, 4.69) is 17.2 Å². The van der Waals surface area contributed by atoms with Crippen LogP contribution >= 0.6 is 0 Å². The van der Waals surface area contributed by atoms with Crippen LogP contribution in [0.3, 0.4) is 0 Å². The molecule has 5 heteroatoms. The Morgan fingerprint density at radius 1 is 1.24 bits per heavy atom. The fourth-order valence-corrected chi connectivity index (χ4v) is 2.11. The Kier molecular flexibility index (Phi) is 10.8. The van der Waals surface area contributed by atoms with E-state index < -0.39 is 0 Å². The lowest BCUT2D eigenvalue weighted by atomic mass is 10.0. The molecule has 0 heterocycles. The molecule has 0 aromatic heterocycles. The zero-order valence-corrected chi connectivity index (χ0v) is 16.6. The van der Waals surface area contributed by atoms with Crippen molar-refractivity contribution in [1.29, 1.82) is 0 Å². The molecule has 1 rings (SSSR count). The number of rotatable bonds is 8. The van der Waals surface area contributed by atoms with Crippen molar-refractivity contribution in [3.8, 4) is 0 Å². The van der Waals surface area contributed by atoms with Gasteiger partial charge in [-0.3, -0.25) is 4.79 Å². The average molecular weight is 350 g/mol. The maximum absolute atomic E-state index is 12.2. The second-order valence-corrected chi connectivity index (χ2v) is 6.59. The fourth-order valence-electron chi connectivity index (χ4n) is 2.11. The molecular weight excluding hydrogens is 314 g/mol. The third-order valence-electron chi connectivity index (χ3n) is 3.22. The molecule has 5 nitrogen and oxygen atoms in total. The van der Waals surface area contributed by atoms with Gasteiger partial charge in [0.1, 0.15) is 11.4 Å². The largest absolute Gasteiger partial charge is 0.491 e. The van der Waals surface area contributed by atoms with E-state index in [1.165, 1.54) is 0 Å². The number of nitrogens with one attached hydrogen (secondary N) is 2. The molecule has 1 aromatic carbocycles. The van der Waals surface area contributed by atoms with Crippen LogP contribution in [0.2, 0.25) is 0 Å². The van der Waals surface area contributed by atoms with Crippen LogP contribution in [0.15, 0.2) is 42.7 Å². The van der Waals surface area contributed by atoms with Crippen molar-refractivity contribution in [2.24, 2.45) is 5.73 Å². The Morgan fingerprint density at radius 3 is 2.28 bits per heavy atom. The molecule has 0 spiro atoms. The number of carbonyl (C=O) groups is 1. The van der Waals surface area contributed by atoms with Gasteiger partial charge in [-0.2, -0.15) is 0 Å². The van der Waals surface area contributed by atoms with Crippen molar-refractivity contribution < 1.29 is 9.53 Å². The Balaban J connectivity index is 0.00000277. The molecule has 0 fully saturated rings. The molecule has 1 unspecified atom stereocenters. The van der Waals surface area contributed by atoms with E-state index in [4.69, 9.17) is 10.5 Å². The topological polar surface area (TPSA) is 76.4 Å². The summed E-state index contributed by atoms with van der Waals surface area (Å²) in [6.45, 7) is 13.9. The van der Waals surface area contributed by atoms with E-state index >= 15 is 0 Å². The summed E-state index contributed by atoms with van der Waals surface area (Å²) in [6.07, 6.45) is 0.449. The second-order valence-electron chi connectivity index (χ2n) is 6.59. The molecule has 0 aliphatic rings. The number of hydrogen-bond acceptors (Lipinski definition) is 4. The van der Waals surface area contributed by atoms with Crippen molar-refractivity contribution in [1.82, 2.24) is 10.6 Å². The van der Waals surface area contributed by atoms with Gasteiger partial charge in [0.2, 0.25) is 5.91 Å². The molecule has 142 valence electrons. The van der Waals surface area contributed by atoms with E-state index in [1.54, 1.807) is 7.05 Å². The molecule has 0 radical (unpaired) electrons. The summed E-state index contributed by atoms with van der Waals surface area (Å²) >= 11 is 0. The van der Waals surface area contributed by atoms with Gasteiger partial charge >= 0.3 is 0 Å². The summed E-state index contributed by atoms with van der Waals surface area (Å²) < 4.78 is 5.85. The minimum atomic E-state index is -0.371.